The minimum atomic E-state index is -4.97. The number of hydrogen-bond donors (Lipinski definition) is 1. The molecule has 34 heavy (non-hydrogen) atoms. The molecule has 9 nitrogen and oxygen atoms in total. The Morgan fingerprint density at radius 3 is 2.44 bits per heavy atom. The summed E-state index contributed by atoms with van der Waals surface area (Å²) >= 11 is 0. The van der Waals surface area contributed by atoms with Crippen LogP contribution in [0.25, 0.3) is 0 Å². The van der Waals surface area contributed by atoms with Gasteiger partial charge in [0, 0.05) is 30.8 Å². The molecular formula is C22H20F3N3O6. The average Bonchev–Trinajstić information content (AvgIpc) is 3.15. The highest BCUT2D eigenvalue weighted by atomic mass is 19.4. The Morgan fingerprint density at radius 1 is 1.21 bits per heavy atom. The van der Waals surface area contributed by atoms with E-state index in [2.05, 4.69) is 0 Å². The van der Waals surface area contributed by atoms with Crippen LogP contribution in [0.2, 0.25) is 0 Å². The Morgan fingerprint density at radius 2 is 1.85 bits per heavy atom. The fourth-order valence-corrected chi connectivity index (χ4v) is 3.39. The Labute approximate surface area is 191 Å². The third-order valence-corrected chi connectivity index (χ3v) is 5.24. The molecule has 3 rings (SSSR count). The van der Waals surface area contributed by atoms with Crippen molar-refractivity contribution in [1.29, 1.82) is 0 Å². The van der Waals surface area contributed by atoms with Gasteiger partial charge >= 0.3 is 12.1 Å². The minimum absolute atomic E-state index is 0.0373. The van der Waals surface area contributed by atoms with E-state index in [-0.39, 0.29) is 18.9 Å². The van der Waals surface area contributed by atoms with Gasteiger partial charge in [0.25, 0.3) is 11.6 Å². The maximum atomic E-state index is 13.3. The summed E-state index contributed by atoms with van der Waals surface area (Å²) in [5.41, 5.74) is -1.33. The van der Waals surface area contributed by atoms with Crippen LogP contribution in [0.15, 0.2) is 42.5 Å². The number of ether oxygens (including phenoxy) is 1. The molecule has 0 radical (unpaired) electrons. The number of rotatable bonds is 6. The zero-order chi connectivity index (χ0) is 25.2. The Bertz CT molecular complexity index is 1130. The van der Waals surface area contributed by atoms with E-state index in [1.54, 1.807) is 12.1 Å². The van der Waals surface area contributed by atoms with Crippen molar-refractivity contribution in [2.75, 3.05) is 16.8 Å². The number of nitro groups is 1. The van der Waals surface area contributed by atoms with Crippen molar-refractivity contribution in [2.45, 2.75) is 32.5 Å². The zero-order valence-corrected chi connectivity index (χ0v) is 18.1. The van der Waals surface area contributed by atoms with Gasteiger partial charge in [-0.1, -0.05) is 17.7 Å². The molecule has 1 N–H and O–H groups in total. The standard InChI is InChI=1S/C22H20F3N3O6/c1-12-3-5-15(6-4-12)27-11-14(9-19(27)29)21(31)34-13(2)20(30)26-18-8-7-16(28(32)33)10-17(18)22(23,24)25/h3-8,10,13-14H,9,11H2,1-2H3,(H,26,30). The summed E-state index contributed by atoms with van der Waals surface area (Å²) in [5, 5.41) is 12.8. The minimum Gasteiger partial charge on any atom is -0.452 e. The third-order valence-electron chi connectivity index (χ3n) is 5.24. The Balaban J connectivity index is 1.66. The topological polar surface area (TPSA) is 119 Å². The van der Waals surface area contributed by atoms with Crippen LogP contribution >= 0.6 is 0 Å². The van der Waals surface area contributed by atoms with Gasteiger partial charge in [0.1, 0.15) is 0 Å². The largest absolute Gasteiger partial charge is 0.452 e. The number of alkyl halides is 3. The smallest absolute Gasteiger partial charge is 0.418 e. The molecule has 1 fully saturated rings. The monoisotopic (exact) mass is 479 g/mol. The number of amides is 2. The molecule has 2 atom stereocenters. The second-order valence-electron chi connectivity index (χ2n) is 7.79. The number of halogens is 3. The Hall–Kier alpha value is -3.96. The molecular weight excluding hydrogens is 459 g/mol. The van der Waals surface area contributed by atoms with Crippen molar-refractivity contribution in [2.24, 2.45) is 5.92 Å². The van der Waals surface area contributed by atoms with Gasteiger partial charge in [-0.3, -0.25) is 24.5 Å². The molecule has 1 aliphatic rings. The maximum absolute atomic E-state index is 13.3. The van der Waals surface area contributed by atoms with Gasteiger partial charge < -0.3 is 15.0 Å². The normalized spacial score (nSPS) is 16.8. The summed E-state index contributed by atoms with van der Waals surface area (Å²) in [7, 11) is 0. The average molecular weight is 479 g/mol. The summed E-state index contributed by atoms with van der Waals surface area (Å²) in [6, 6.07) is 8.96. The SMILES string of the molecule is Cc1ccc(N2CC(C(=O)OC(C)C(=O)Nc3ccc([N+](=O)[O-])cc3C(F)(F)F)CC2=O)cc1. The van der Waals surface area contributed by atoms with E-state index < -0.39 is 51.9 Å². The van der Waals surface area contributed by atoms with E-state index in [4.69, 9.17) is 4.74 Å². The number of esters is 1. The first-order valence-corrected chi connectivity index (χ1v) is 10.1. The number of nitrogens with one attached hydrogen (secondary N) is 1. The summed E-state index contributed by atoms with van der Waals surface area (Å²) < 4.78 is 45.0. The number of carbonyl (C=O) groups excluding carboxylic acids is 3. The number of aryl methyl sites for hydroxylation is 1. The van der Waals surface area contributed by atoms with Gasteiger partial charge in [-0.15, -0.1) is 0 Å². The van der Waals surface area contributed by atoms with Gasteiger partial charge in [0.05, 0.1) is 22.1 Å². The van der Waals surface area contributed by atoms with Crippen molar-refractivity contribution in [3.05, 3.63) is 63.7 Å². The first-order chi connectivity index (χ1) is 15.9. The van der Waals surface area contributed by atoms with E-state index in [1.165, 1.54) is 11.8 Å². The molecule has 2 unspecified atom stereocenters. The van der Waals surface area contributed by atoms with Crippen molar-refractivity contribution in [1.82, 2.24) is 0 Å². The van der Waals surface area contributed by atoms with Gasteiger partial charge in [-0.05, 0) is 32.0 Å². The molecule has 2 aromatic carbocycles. The summed E-state index contributed by atoms with van der Waals surface area (Å²) in [5.74, 6) is -3.06. The molecule has 0 saturated carbocycles. The predicted molar refractivity (Wildman–Crippen MR) is 114 cm³/mol. The molecule has 1 saturated heterocycles. The number of nitro benzene ring substituents is 1. The maximum Gasteiger partial charge on any atom is 0.418 e. The lowest BCUT2D eigenvalue weighted by molar-refractivity contribution is -0.385. The molecule has 0 aromatic heterocycles. The number of benzene rings is 2. The number of non-ortho nitro benzene ring substituents is 1. The van der Waals surface area contributed by atoms with E-state index in [0.29, 0.717) is 11.8 Å². The van der Waals surface area contributed by atoms with E-state index in [0.717, 1.165) is 17.7 Å². The van der Waals surface area contributed by atoms with Crippen molar-refractivity contribution in [3.8, 4) is 0 Å². The van der Waals surface area contributed by atoms with Gasteiger partial charge in [-0.2, -0.15) is 13.2 Å². The fraction of sp³-hybridized carbons (Fsp3) is 0.318. The van der Waals surface area contributed by atoms with Crippen LogP contribution in [0.3, 0.4) is 0 Å². The van der Waals surface area contributed by atoms with Crippen LogP contribution < -0.4 is 10.2 Å². The zero-order valence-electron chi connectivity index (χ0n) is 18.1. The molecule has 0 bridgehead atoms. The molecule has 0 aliphatic carbocycles. The lowest BCUT2D eigenvalue weighted by Crippen LogP contribution is -2.33. The molecule has 12 heteroatoms. The van der Waals surface area contributed by atoms with E-state index in [9.17, 15) is 37.7 Å². The summed E-state index contributed by atoms with van der Waals surface area (Å²) in [4.78, 5) is 48.4. The van der Waals surface area contributed by atoms with Crippen molar-refractivity contribution in [3.63, 3.8) is 0 Å². The lowest BCUT2D eigenvalue weighted by Gasteiger charge is -2.19. The van der Waals surface area contributed by atoms with Crippen LogP contribution in [-0.2, 0) is 25.3 Å². The molecule has 2 aromatic rings. The summed E-state index contributed by atoms with van der Waals surface area (Å²) in [6.07, 6.45) is -6.59. The lowest BCUT2D eigenvalue weighted by atomic mass is 10.1. The molecule has 1 aliphatic heterocycles. The first kappa shape index (κ1) is 24.7. The van der Waals surface area contributed by atoms with E-state index >= 15 is 0 Å². The van der Waals surface area contributed by atoms with E-state index in [1.807, 2.05) is 24.4 Å². The van der Waals surface area contributed by atoms with Crippen molar-refractivity contribution < 1.29 is 37.2 Å². The number of anilines is 2. The first-order valence-electron chi connectivity index (χ1n) is 10.1. The van der Waals surface area contributed by atoms with Crippen LogP contribution in [0.4, 0.5) is 30.2 Å². The van der Waals surface area contributed by atoms with Gasteiger partial charge in [0.15, 0.2) is 6.10 Å². The van der Waals surface area contributed by atoms with Crippen molar-refractivity contribution >= 4 is 34.8 Å². The van der Waals surface area contributed by atoms with Crippen LogP contribution in [0, 0.1) is 23.0 Å². The summed E-state index contributed by atoms with van der Waals surface area (Å²) in [6.45, 7) is 3.09. The number of hydrogen-bond acceptors (Lipinski definition) is 6. The third kappa shape index (κ3) is 5.50. The number of nitrogens with zero attached hydrogens (tertiary/aromatic N) is 2. The number of carbonyl (C=O) groups is 3. The van der Waals surface area contributed by atoms with Gasteiger partial charge in [0.2, 0.25) is 5.91 Å². The quantitative estimate of drug-likeness (QED) is 0.382. The molecule has 1 heterocycles. The molecule has 2 amide bonds. The highest BCUT2D eigenvalue weighted by Gasteiger charge is 2.38. The van der Waals surface area contributed by atoms with Crippen LogP contribution in [0.1, 0.15) is 24.5 Å². The highest BCUT2D eigenvalue weighted by molar-refractivity contribution is 6.00. The predicted octanol–water partition coefficient (Wildman–Crippen LogP) is 3.85. The second kappa shape index (κ2) is 9.49. The fourth-order valence-electron chi connectivity index (χ4n) is 3.39. The van der Waals surface area contributed by atoms with Crippen LogP contribution in [0.5, 0.6) is 0 Å². The van der Waals surface area contributed by atoms with Crippen LogP contribution in [-0.4, -0.2) is 35.4 Å². The molecule has 180 valence electrons. The Kier molecular flexibility index (Phi) is 6.89. The highest BCUT2D eigenvalue weighted by Crippen LogP contribution is 2.37. The second-order valence-corrected chi connectivity index (χ2v) is 7.79. The molecule has 0 spiro atoms. The van der Waals surface area contributed by atoms with Gasteiger partial charge in [-0.25, -0.2) is 0 Å².